The summed E-state index contributed by atoms with van der Waals surface area (Å²) in [6.07, 6.45) is 3.14. The molecule has 6 heteroatoms. The number of nitrogens with two attached hydrogens (primary N) is 1. The normalized spacial score (nSPS) is 11.2. The van der Waals surface area contributed by atoms with Crippen molar-refractivity contribution in [2.45, 2.75) is 19.4 Å². The molecule has 1 rings (SSSR count). The second-order valence-corrected chi connectivity index (χ2v) is 4.41. The van der Waals surface area contributed by atoms with Gasteiger partial charge in [-0.25, -0.2) is 9.97 Å². The second-order valence-electron chi connectivity index (χ2n) is 3.97. The van der Waals surface area contributed by atoms with Crippen LogP contribution in [0.25, 0.3) is 0 Å². The van der Waals surface area contributed by atoms with E-state index in [9.17, 15) is 0 Å². The highest BCUT2D eigenvalue weighted by molar-refractivity contribution is 7.80. The number of nitrogens with one attached hydrogen (secondary N) is 1. The van der Waals surface area contributed by atoms with E-state index in [0.717, 1.165) is 0 Å². The average molecular weight is 240 g/mol. The molecule has 1 aromatic heterocycles. The first kappa shape index (κ1) is 12.8. The van der Waals surface area contributed by atoms with Crippen LogP contribution in [-0.4, -0.2) is 34.2 Å². The molecule has 0 radical (unpaired) electrons. The van der Waals surface area contributed by atoms with E-state index in [-0.39, 0.29) is 10.6 Å². The number of thiocarbonyl (C=S) groups is 1. The average Bonchev–Trinajstić information content (AvgIpc) is 2.27. The fourth-order valence-electron chi connectivity index (χ4n) is 0.922. The number of aromatic nitrogens is 2. The number of ether oxygens (including phenoxy) is 1. The lowest BCUT2D eigenvalue weighted by molar-refractivity contribution is 0.0343. The lowest BCUT2D eigenvalue weighted by atomic mass is 10.1. The van der Waals surface area contributed by atoms with Gasteiger partial charge in [0.25, 0.3) is 0 Å². The number of nitrogens with zero attached hydrogens (tertiary/aromatic N) is 2. The Hall–Kier alpha value is -1.27. The number of hydrogen-bond donors (Lipinski definition) is 2. The van der Waals surface area contributed by atoms with Crippen molar-refractivity contribution in [1.29, 1.82) is 0 Å². The predicted octanol–water partition coefficient (Wildman–Crippen LogP) is 0.948. The third kappa shape index (κ3) is 3.71. The van der Waals surface area contributed by atoms with Gasteiger partial charge in [0.05, 0.1) is 18.0 Å². The molecule has 0 bridgehead atoms. The summed E-state index contributed by atoms with van der Waals surface area (Å²) in [6.45, 7) is 4.61. The van der Waals surface area contributed by atoms with Gasteiger partial charge in [0.15, 0.2) is 0 Å². The van der Waals surface area contributed by atoms with Gasteiger partial charge in [0.2, 0.25) is 0 Å². The van der Waals surface area contributed by atoms with Crippen molar-refractivity contribution < 1.29 is 4.74 Å². The molecule has 0 spiro atoms. The second kappa shape index (κ2) is 5.18. The van der Waals surface area contributed by atoms with Crippen molar-refractivity contribution in [3.8, 4) is 0 Å². The van der Waals surface area contributed by atoms with Crippen LogP contribution in [0.5, 0.6) is 0 Å². The highest BCUT2D eigenvalue weighted by Crippen LogP contribution is 2.09. The third-order valence-corrected chi connectivity index (χ3v) is 2.36. The van der Waals surface area contributed by atoms with E-state index in [2.05, 4.69) is 15.3 Å². The summed E-state index contributed by atoms with van der Waals surface area (Å²) < 4.78 is 5.27. The molecule has 0 saturated carbocycles. The molecule has 0 saturated heterocycles. The Labute approximate surface area is 100 Å². The first-order chi connectivity index (χ1) is 7.44. The fourth-order valence-corrected chi connectivity index (χ4v) is 1.03. The molecule has 3 N–H and O–H groups in total. The highest BCUT2D eigenvalue weighted by atomic mass is 32.1. The Morgan fingerprint density at radius 2 is 2.19 bits per heavy atom. The zero-order valence-corrected chi connectivity index (χ0v) is 10.5. The van der Waals surface area contributed by atoms with Gasteiger partial charge < -0.3 is 15.8 Å². The van der Waals surface area contributed by atoms with Gasteiger partial charge in [0, 0.05) is 13.7 Å². The number of anilines is 1. The van der Waals surface area contributed by atoms with Gasteiger partial charge >= 0.3 is 0 Å². The highest BCUT2D eigenvalue weighted by Gasteiger charge is 2.15. The maximum Gasteiger partial charge on any atom is 0.144 e. The quantitative estimate of drug-likeness (QED) is 0.746. The van der Waals surface area contributed by atoms with Crippen LogP contribution in [0.2, 0.25) is 0 Å². The van der Waals surface area contributed by atoms with Crippen molar-refractivity contribution in [3.63, 3.8) is 0 Å². The summed E-state index contributed by atoms with van der Waals surface area (Å²) in [5.41, 5.74) is 5.69. The monoisotopic (exact) mass is 240 g/mol. The molecule has 16 heavy (non-hydrogen) atoms. The van der Waals surface area contributed by atoms with E-state index in [1.807, 2.05) is 13.8 Å². The maximum atomic E-state index is 5.42. The van der Waals surface area contributed by atoms with Gasteiger partial charge in [0.1, 0.15) is 16.5 Å². The van der Waals surface area contributed by atoms with E-state index in [1.165, 1.54) is 0 Å². The minimum absolute atomic E-state index is 0.247. The molecular formula is C10H16N4OS. The number of methoxy groups -OCH3 is 1. The minimum atomic E-state index is -0.247. The standard InChI is InChI=1S/C10H16N4OS/c1-10(2,15-3)6-14-8-5-12-7(4-13-8)9(11)16/h4-5H,6H2,1-3H3,(H2,11,16)(H,13,14). The Morgan fingerprint density at radius 3 is 2.62 bits per heavy atom. The van der Waals surface area contributed by atoms with E-state index in [1.54, 1.807) is 19.5 Å². The van der Waals surface area contributed by atoms with Crippen LogP contribution in [0, 0.1) is 0 Å². The Balaban J connectivity index is 2.59. The van der Waals surface area contributed by atoms with E-state index in [0.29, 0.717) is 18.1 Å². The van der Waals surface area contributed by atoms with Crippen LogP contribution in [0.15, 0.2) is 12.4 Å². The Morgan fingerprint density at radius 1 is 1.50 bits per heavy atom. The molecule has 0 aromatic carbocycles. The third-order valence-electron chi connectivity index (χ3n) is 2.15. The summed E-state index contributed by atoms with van der Waals surface area (Å²) in [5.74, 6) is 0.671. The molecule has 0 unspecified atom stereocenters. The summed E-state index contributed by atoms with van der Waals surface area (Å²) in [6, 6.07) is 0. The van der Waals surface area contributed by atoms with Crippen molar-refractivity contribution in [1.82, 2.24) is 9.97 Å². The van der Waals surface area contributed by atoms with E-state index >= 15 is 0 Å². The first-order valence-electron chi connectivity index (χ1n) is 4.85. The molecule has 0 aliphatic heterocycles. The van der Waals surface area contributed by atoms with Gasteiger partial charge in [-0.05, 0) is 13.8 Å². The van der Waals surface area contributed by atoms with Gasteiger partial charge in [-0.3, -0.25) is 0 Å². The molecule has 1 aromatic rings. The molecule has 0 aliphatic rings. The van der Waals surface area contributed by atoms with Gasteiger partial charge in [-0.2, -0.15) is 0 Å². The topological polar surface area (TPSA) is 73.1 Å². The largest absolute Gasteiger partial charge is 0.388 e. The fraction of sp³-hybridized carbons (Fsp3) is 0.500. The number of rotatable bonds is 5. The van der Waals surface area contributed by atoms with Crippen LogP contribution in [-0.2, 0) is 4.74 Å². The predicted molar refractivity (Wildman–Crippen MR) is 67.5 cm³/mol. The summed E-state index contributed by atoms with van der Waals surface area (Å²) in [4.78, 5) is 8.46. The molecule has 0 atom stereocenters. The van der Waals surface area contributed by atoms with Crippen molar-refractivity contribution in [3.05, 3.63) is 18.1 Å². The molecule has 88 valence electrons. The van der Waals surface area contributed by atoms with Crippen LogP contribution in [0.1, 0.15) is 19.5 Å². The summed E-state index contributed by atoms with van der Waals surface area (Å²) in [5, 5.41) is 3.12. The number of hydrogen-bond acceptors (Lipinski definition) is 5. The van der Waals surface area contributed by atoms with Crippen molar-refractivity contribution >= 4 is 23.0 Å². The SMILES string of the molecule is COC(C)(C)CNc1cnc(C(N)=S)cn1. The maximum absolute atomic E-state index is 5.42. The van der Waals surface area contributed by atoms with Gasteiger partial charge in [-0.15, -0.1) is 0 Å². The molecule has 0 fully saturated rings. The summed E-state index contributed by atoms with van der Waals surface area (Å²) >= 11 is 4.78. The van der Waals surface area contributed by atoms with E-state index < -0.39 is 0 Å². The van der Waals surface area contributed by atoms with Crippen LogP contribution < -0.4 is 11.1 Å². The zero-order chi connectivity index (χ0) is 12.2. The minimum Gasteiger partial charge on any atom is -0.388 e. The summed E-state index contributed by atoms with van der Waals surface area (Å²) in [7, 11) is 1.67. The zero-order valence-electron chi connectivity index (χ0n) is 9.65. The molecular weight excluding hydrogens is 224 g/mol. The van der Waals surface area contributed by atoms with Gasteiger partial charge in [-0.1, -0.05) is 12.2 Å². The molecule has 5 nitrogen and oxygen atoms in total. The lowest BCUT2D eigenvalue weighted by Gasteiger charge is -2.23. The molecule has 0 amide bonds. The van der Waals surface area contributed by atoms with Crippen LogP contribution in [0.4, 0.5) is 5.82 Å². The van der Waals surface area contributed by atoms with Crippen LogP contribution in [0.3, 0.4) is 0 Å². The van der Waals surface area contributed by atoms with Crippen LogP contribution >= 0.6 is 12.2 Å². The molecule has 0 aliphatic carbocycles. The first-order valence-corrected chi connectivity index (χ1v) is 5.26. The Bertz CT molecular complexity index is 364. The van der Waals surface area contributed by atoms with E-state index in [4.69, 9.17) is 22.7 Å². The Kier molecular flexibility index (Phi) is 4.14. The van der Waals surface area contributed by atoms with Crippen molar-refractivity contribution in [2.75, 3.05) is 19.0 Å². The van der Waals surface area contributed by atoms with Crippen molar-refractivity contribution in [2.24, 2.45) is 5.73 Å². The smallest absolute Gasteiger partial charge is 0.144 e. The lowest BCUT2D eigenvalue weighted by Crippen LogP contribution is -2.32. The molecule has 1 heterocycles.